The molecule has 6 heteroatoms. The Labute approximate surface area is 124 Å². The van der Waals surface area contributed by atoms with Gasteiger partial charge in [0.05, 0.1) is 18.5 Å². The predicted molar refractivity (Wildman–Crippen MR) is 75.1 cm³/mol. The summed E-state index contributed by atoms with van der Waals surface area (Å²) in [6.07, 6.45) is 7.56. The highest BCUT2D eigenvalue weighted by atomic mass is 16.6. The molecule has 0 N–H and O–H groups in total. The highest BCUT2D eigenvalue weighted by Gasteiger charge is 2.54. The number of esters is 1. The van der Waals surface area contributed by atoms with Crippen LogP contribution in [0.25, 0.3) is 0 Å². The van der Waals surface area contributed by atoms with E-state index < -0.39 is 5.60 Å². The Bertz CT molecular complexity index is 560. The number of aryl methyl sites for hydroxylation is 1. The van der Waals surface area contributed by atoms with Crippen molar-refractivity contribution in [3.05, 3.63) is 18.0 Å². The molecule has 1 amide bonds. The smallest absolute Gasteiger partial charge is 0.307 e. The predicted octanol–water partition coefficient (Wildman–Crippen LogP) is 1.25. The summed E-state index contributed by atoms with van der Waals surface area (Å²) < 4.78 is 7.26. The average molecular weight is 291 g/mol. The van der Waals surface area contributed by atoms with Crippen LogP contribution in [0.1, 0.15) is 37.7 Å². The highest BCUT2D eigenvalue weighted by Crippen LogP contribution is 2.46. The summed E-state index contributed by atoms with van der Waals surface area (Å²) in [7, 11) is 3.63. The van der Waals surface area contributed by atoms with Crippen LogP contribution >= 0.6 is 0 Å². The number of amides is 1. The standard InChI is InChI=1S/C15H21N3O3/c1-17(9-11-8-16-18(2)10-11)14(20)12-7-13(19)21-15(12)5-3-4-6-15/h8,10,12H,3-7,9H2,1-2H3. The van der Waals surface area contributed by atoms with Gasteiger partial charge in [0.2, 0.25) is 5.91 Å². The van der Waals surface area contributed by atoms with Crippen molar-refractivity contribution in [2.75, 3.05) is 7.05 Å². The number of rotatable bonds is 3. The number of ether oxygens (including phenoxy) is 1. The zero-order valence-electron chi connectivity index (χ0n) is 12.5. The van der Waals surface area contributed by atoms with Gasteiger partial charge in [0.25, 0.3) is 0 Å². The Hall–Kier alpha value is -1.85. The third-order valence-corrected chi connectivity index (χ3v) is 4.63. The Balaban J connectivity index is 1.72. The van der Waals surface area contributed by atoms with Gasteiger partial charge >= 0.3 is 5.97 Å². The van der Waals surface area contributed by atoms with Crippen LogP contribution < -0.4 is 0 Å². The van der Waals surface area contributed by atoms with Crippen LogP contribution in [0.2, 0.25) is 0 Å². The van der Waals surface area contributed by atoms with Gasteiger partial charge in [-0.1, -0.05) is 0 Å². The zero-order chi connectivity index (χ0) is 15.0. The van der Waals surface area contributed by atoms with E-state index in [0.717, 1.165) is 31.2 Å². The van der Waals surface area contributed by atoms with Gasteiger partial charge < -0.3 is 9.64 Å². The van der Waals surface area contributed by atoms with E-state index in [2.05, 4.69) is 5.10 Å². The van der Waals surface area contributed by atoms with Crippen LogP contribution in [0.15, 0.2) is 12.4 Å². The van der Waals surface area contributed by atoms with Gasteiger partial charge in [-0.05, 0) is 25.7 Å². The highest BCUT2D eigenvalue weighted by molar-refractivity contribution is 5.87. The topological polar surface area (TPSA) is 64.4 Å². The molecule has 0 radical (unpaired) electrons. The van der Waals surface area contributed by atoms with E-state index in [4.69, 9.17) is 4.74 Å². The van der Waals surface area contributed by atoms with Gasteiger partial charge in [-0.15, -0.1) is 0 Å². The third kappa shape index (κ3) is 2.54. The Kier molecular flexibility index (Phi) is 3.47. The average Bonchev–Trinajstić information content (AvgIpc) is 3.12. The van der Waals surface area contributed by atoms with Crippen LogP contribution in [-0.2, 0) is 27.9 Å². The second kappa shape index (κ2) is 5.16. The first-order chi connectivity index (χ1) is 10.00. The minimum Gasteiger partial charge on any atom is -0.458 e. The van der Waals surface area contributed by atoms with Crippen molar-refractivity contribution in [3.8, 4) is 0 Å². The maximum absolute atomic E-state index is 12.7. The number of aromatic nitrogens is 2. The van der Waals surface area contributed by atoms with Crippen LogP contribution in [0, 0.1) is 5.92 Å². The van der Waals surface area contributed by atoms with Crippen molar-refractivity contribution < 1.29 is 14.3 Å². The van der Waals surface area contributed by atoms with E-state index in [-0.39, 0.29) is 24.2 Å². The minimum atomic E-state index is -0.530. The fraction of sp³-hybridized carbons (Fsp3) is 0.667. The van der Waals surface area contributed by atoms with Gasteiger partial charge in [0.1, 0.15) is 5.60 Å². The second-order valence-corrected chi connectivity index (χ2v) is 6.22. The molecule has 21 heavy (non-hydrogen) atoms. The lowest BCUT2D eigenvalue weighted by molar-refractivity contribution is -0.151. The molecule has 1 aliphatic heterocycles. The molecule has 1 aromatic heterocycles. The third-order valence-electron chi connectivity index (χ3n) is 4.63. The lowest BCUT2D eigenvalue weighted by Crippen LogP contribution is -2.43. The summed E-state index contributed by atoms with van der Waals surface area (Å²) in [5.41, 5.74) is 0.455. The van der Waals surface area contributed by atoms with E-state index in [1.165, 1.54) is 0 Å². The number of carbonyl (C=O) groups is 2. The molecule has 1 aliphatic carbocycles. The van der Waals surface area contributed by atoms with Crippen LogP contribution in [-0.4, -0.2) is 39.2 Å². The van der Waals surface area contributed by atoms with Gasteiger partial charge in [-0.3, -0.25) is 14.3 Å². The summed E-state index contributed by atoms with van der Waals surface area (Å²) in [5.74, 6) is -0.550. The Morgan fingerprint density at radius 1 is 1.52 bits per heavy atom. The van der Waals surface area contributed by atoms with E-state index in [9.17, 15) is 9.59 Å². The molecule has 0 bridgehead atoms. The minimum absolute atomic E-state index is 0.00611. The van der Waals surface area contributed by atoms with Crippen molar-refractivity contribution in [2.45, 2.75) is 44.2 Å². The van der Waals surface area contributed by atoms with E-state index in [1.807, 2.05) is 13.2 Å². The first kappa shape index (κ1) is 14.1. The van der Waals surface area contributed by atoms with Crippen LogP contribution in [0.3, 0.4) is 0 Å². The lowest BCUT2D eigenvalue weighted by atomic mass is 9.84. The summed E-state index contributed by atoms with van der Waals surface area (Å²) in [6, 6.07) is 0. The molecule has 2 aliphatic rings. The summed E-state index contributed by atoms with van der Waals surface area (Å²) in [5, 5.41) is 4.11. The normalized spacial score (nSPS) is 23.5. The number of hydrogen-bond acceptors (Lipinski definition) is 4. The summed E-state index contributed by atoms with van der Waals surface area (Å²) in [6.45, 7) is 0.507. The lowest BCUT2D eigenvalue weighted by Gasteiger charge is -2.30. The quantitative estimate of drug-likeness (QED) is 0.786. The molecular formula is C15H21N3O3. The number of hydrogen-bond donors (Lipinski definition) is 0. The van der Waals surface area contributed by atoms with E-state index in [1.54, 1.807) is 22.8 Å². The number of nitrogens with zero attached hydrogens (tertiary/aromatic N) is 3. The Morgan fingerprint density at radius 2 is 2.24 bits per heavy atom. The molecule has 1 aromatic rings. The second-order valence-electron chi connectivity index (χ2n) is 6.22. The largest absolute Gasteiger partial charge is 0.458 e. The van der Waals surface area contributed by atoms with Gasteiger partial charge in [0, 0.05) is 32.4 Å². The molecule has 2 heterocycles. The van der Waals surface area contributed by atoms with Crippen LogP contribution in [0.4, 0.5) is 0 Å². The molecule has 1 spiro atoms. The fourth-order valence-corrected chi connectivity index (χ4v) is 3.60. The zero-order valence-corrected chi connectivity index (χ0v) is 12.5. The maximum Gasteiger partial charge on any atom is 0.307 e. The monoisotopic (exact) mass is 291 g/mol. The summed E-state index contributed by atoms with van der Waals surface area (Å²) in [4.78, 5) is 26.1. The molecule has 1 saturated carbocycles. The molecule has 2 fully saturated rings. The molecule has 0 aromatic carbocycles. The Morgan fingerprint density at radius 3 is 2.86 bits per heavy atom. The SMILES string of the molecule is CN(Cc1cnn(C)c1)C(=O)C1CC(=O)OC12CCCC2. The number of carbonyl (C=O) groups excluding carboxylic acids is 2. The van der Waals surface area contributed by atoms with Crippen molar-refractivity contribution in [3.63, 3.8) is 0 Å². The maximum atomic E-state index is 12.7. The van der Waals surface area contributed by atoms with Crippen LogP contribution in [0.5, 0.6) is 0 Å². The summed E-state index contributed by atoms with van der Waals surface area (Å²) >= 11 is 0. The van der Waals surface area contributed by atoms with Gasteiger partial charge in [0.15, 0.2) is 0 Å². The molecular weight excluding hydrogens is 270 g/mol. The van der Waals surface area contributed by atoms with Crippen molar-refractivity contribution >= 4 is 11.9 Å². The fourth-order valence-electron chi connectivity index (χ4n) is 3.60. The molecule has 1 saturated heterocycles. The molecule has 114 valence electrons. The molecule has 3 rings (SSSR count). The first-order valence-electron chi connectivity index (χ1n) is 7.44. The van der Waals surface area contributed by atoms with Gasteiger partial charge in [-0.2, -0.15) is 5.10 Å². The van der Waals surface area contributed by atoms with Gasteiger partial charge in [-0.25, -0.2) is 0 Å². The molecule has 1 atom stereocenters. The van der Waals surface area contributed by atoms with Crippen molar-refractivity contribution in [1.29, 1.82) is 0 Å². The first-order valence-corrected chi connectivity index (χ1v) is 7.44. The van der Waals surface area contributed by atoms with Crippen molar-refractivity contribution in [2.24, 2.45) is 13.0 Å². The molecule has 6 nitrogen and oxygen atoms in total. The van der Waals surface area contributed by atoms with E-state index >= 15 is 0 Å². The van der Waals surface area contributed by atoms with E-state index in [0.29, 0.717) is 6.54 Å². The molecule has 1 unspecified atom stereocenters. The van der Waals surface area contributed by atoms with Crippen molar-refractivity contribution in [1.82, 2.24) is 14.7 Å².